The molecule has 0 bridgehead atoms. The van der Waals surface area contributed by atoms with Crippen molar-refractivity contribution in [2.75, 3.05) is 50.6 Å². The fourth-order valence-electron chi connectivity index (χ4n) is 3.09. The van der Waals surface area contributed by atoms with Crippen molar-refractivity contribution >= 4 is 55.2 Å². The van der Waals surface area contributed by atoms with E-state index in [1.807, 2.05) is 24.3 Å². The van der Waals surface area contributed by atoms with Crippen LogP contribution in [0.1, 0.15) is 5.56 Å². The normalized spacial score (nSPS) is 15.1. The molecule has 1 fully saturated rings. The number of carbonyl (C=O) groups excluding carboxylic acids is 1. The van der Waals surface area contributed by atoms with E-state index in [-0.39, 0.29) is 5.91 Å². The molecule has 5 nitrogen and oxygen atoms in total. The fourth-order valence-corrected chi connectivity index (χ4v) is 4.51. The lowest BCUT2D eigenvalue weighted by Crippen LogP contribution is -2.44. The van der Waals surface area contributed by atoms with Gasteiger partial charge in [-0.3, -0.25) is 4.79 Å². The van der Waals surface area contributed by atoms with Crippen LogP contribution < -0.4 is 15.0 Å². The molecule has 7 heteroatoms. The molecule has 0 aromatic heterocycles. The number of methoxy groups -OCH3 is 1. The van der Waals surface area contributed by atoms with Crippen molar-refractivity contribution in [1.29, 1.82) is 0 Å². The molecule has 0 aliphatic carbocycles. The van der Waals surface area contributed by atoms with Gasteiger partial charge in [0.25, 0.3) is 0 Å². The predicted molar refractivity (Wildman–Crippen MR) is 122 cm³/mol. The molecular formula is C21H23Br2N3O2. The summed E-state index contributed by atoms with van der Waals surface area (Å²) in [5.41, 5.74) is 2.77. The maximum absolute atomic E-state index is 12.3. The maximum atomic E-state index is 12.3. The van der Waals surface area contributed by atoms with Gasteiger partial charge in [-0.25, -0.2) is 0 Å². The number of piperazine rings is 1. The Hall–Kier alpha value is -1.83. The van der Waals surface area contributed by atoms with E-state index in [1.54, 1.807) is 13.2 Å². The highest BCUT2D eigenvalue weighted by Crippen LogP contribution is 2.33. The first-order valence-corrected chi connectivity index (χ1v) is 10.6. The van der Waals surface area contributed by atoms with Gasteiger partial charge < -0.3 is 19.9 Å². The summed E-state index contributed by atoms with van der Waals surface area (Å²) in [4.78, 5) is 17.0. The van der Waals surface area contributed by atoms with Gasteiger partial charge in [0.15, 0.2) is 0 Å². The zero-order valence-electron chi connectivity index (χ0n) is 15.9. The first-order chi connectivity index (χ1) is 13.5. The summed E-state index contributed by atoms with van der Waals surface area (Å²) >= 11 is 6.92. The fraction of sp³-hybridized carbons (Fsp3) is 0.286. The molecule has 0 unspecified atom stereocenters. The Balaban J connectivity index is 1.63. The SMILES string of the molecule is COc1c(Br)cc(Br)cc1C=CC(=O)Nc1ccc(N2CCN(C)CC2)cc1. The summed E-state index contributed by atoms with van der Waals surface area (Å²) in [7, 11) is 3.75. The van der Waals surface area contributed by atoms with Crippen molar-refractivity contribution in [3.05, 3.63) is 57.0 Å². The Bertz CT molecular complexity index is 861. The second-order valence-electron chi connectivity index (χ2n) is 6.67. The number of halogens is 2. The largest absolute Gasteiger partial charge is 0.495 e. The van der Waals surface area contributed by atoms with Crippen molar-refractivity contribution < 1.29 is 9.53 Å². The smallest absolute Gasteiger partial charge is 0.248 e. The number of benzene rings is 2. The topological polar surface area (TPSA) is 44.8 Å². The van der Waals surface area contributed by atoms with Crippen LogP contribution in [0.5, 0.6) is 5.75 Å². The average Bonchev–Trinajstić information content (AvgIpc) is 2.67. The van der Waals surface area contributed by atoms with Crippen molar-refractivity contribution in [2.45, 2.75) is 0 Å². The number of carbonyl (C=O) groups is 1. The van der Waals surface area contributed by atoms with E-state index in [1.165, 1.54) is 11.8 Å². The van der Waals surface area contributed by atoms with E-state index in [4.69, 9.17) is 4.74 Å². The van der Waals surface area contributed by atoms with E-state index in [0.717, 1.165) is 46.4 Å². The molecule has 0 saturated carbocycles. The minimum absolute atomic E-state index is 0.189. The van der Waals surface area contributed by atoms with Gasteiger partial charge in [-0.15, -0.1) is 0 Å². The molecule has 0 radical (unpaired) electrons. The first-order valence-electron chi connectivity index (χ1n) is 9.02. The van der Waals surface area contributed by atoms with Gasteiger partial charge in [-0.2, -0.15) is 0 Å². The number of hydrogen-bond acceptors (Lipinski definition) is 4. The van der Waals surface area contributed by atoms with Crippen LogP contribution >= 0.6 is 31.9 Å². The van der Waals surface area contributed by atoms with Crippen LogP contribution in [0, 0.1) is 0 Å². The van der Waals surface area contributed by atoms with Gasteiger partial charge in [-0.1, -0.05) is 15.9 Å². The number of rotatable bonds is 5. The number of ether oxygens (including phenoxy) is 1. The van der Waals surface area contributed by atoms with Crippen LogP contribution in [-0.4, -0.2) is 51.1 Å². The van der Waals surface area contributed by atoms with Crippen molar-refractivity contribution in [3.8, 4) is 5.75 Å². The number of anilines is 2. The van der Waals surface area contributed by atoms with Crippen molar-refractivity contribution in [1.82, 2.24) is 4.90 Å². The zero-order chi connectivity index (χ0) is 20.1. The van der Waals surface area contributed by atoms with Gasteiger partial charge in [0.1, 0.15) is 5.75 Å². The number of hydrogen-bond donors (Lipinski definition) is 1. The average molecular weight is 509 g/mol. The van der Waals surface area contributed by atoms with Gasteiger partial charge in [0.2, 0.25) is 5.91 Å². The second kappa shape index (κ2) is 9.58. The van der Waals surface area contributed by atoms with Crippen LogP contribution in [0.4, 0.5) is 11.4 Å². The molecule has 1 N–H and O–H groups in total. The molecule has 0 spiro atoms. The van der Waals surface area contributed by atoms with E-state index in [9.17, 15) is 4.79 Å². The van der Waals surface area contributed by atoms with Gasteiger partial charge >= 0.3 is 0 Å². The maximum Gasteiger partial charge on any atom is 0.248 e. The molecule has 1 aliphatic heterocycles. The number of amides is 1. The zero-order valence-corrected chi connectivity index (χ0v) is 19.1. The van der Waals surface area contributed by atoms with Crippen LogP contribution in [0.25, 0.3) is 6.08 Å². The summed E-state index contributed by atoms with van der Waals surface area (Å²) in [6, 6.07) is 11.8. The highest BCUT2D eigenvalue weighted by atomic mass is 79.9. The summed E-state index contributed by atoms with van der Waals surface area (Å²) in [6.45, 7) is 4.18. The molecule has 148 valence electrons. The Morgan fingerprint density at radius 1 is 1.11 bits per heavy atom. The van der Waals surface area contributed by atoms with E-state index in [2.05, 4.69) is 66.2 Å². The first kappa shape index (κ1) is 20.9. The Morgan fingerprint density at radius 2 is 1.79 bits per heavy atom. The van der Waals surface area contributed by atoms with Crippen LogP contribution in [0.15, 0.2) is 51.4 Å². The lowest BCUT2D eigenvalue weighted by atomic mass is 10.2. The minimum Gasteiger partial charge on any atom is -0.495 e. The summed E-state index contributed by atoms with van der Waals surface area (Å²) in [5, 5.41) is 2.90. The van der Waals surface area contributed by atoms with Crippen LogP contribution in [-0.2, 0) is 4.79 Å². The quantitative estimate of drug-likeness (QED) is 0.598. The number of nitrogens with zero attached hydrogens (tertiary/aromatic N) is 2. The number of nitrogens with one attached hydrogen (secondary N) is 1. The second-order valence-corrected chi connectivity index (χ2v) is 8.44. The third-order valence-corrected chi connectivity index (χ3v) is 5.71. The van der Waals surface area contributed by atoms with Crippen molar-refractivity contribution in [2.24, 2.45) is 0 Å². The third kappa shape index (κ3) is 5.37. The summed E-state index contributed by atoms with van der Waals surface area (Å²) < 4.78 is 7.13. The van der Waals surface area contributed by atoms with E-state index < -0.39 is 0 Å². The van der Waals surface area contributed by atoms with E-state index >= 15 is 0 Å². The molecule has 2 aromatic rings. The molecule has 1 saturated heterocycles. The molecule has 3 rings (SSSR count). The van der Waals surface area contributed by atoms with Crippen LogP contribution in [0.2, 0.25) is 0 Å². The summed E-state index contributed by atoms with van der Waals surface area (Å²) in [6.07, 6.45) is 3.24. The molecule has 28 heavy (non-hydrogen) atoms. The molecular weight excluding hydrogens is 486 g/mol. The van der Waals surface area contributed by atoms with Gasteiger partial charge in [0, 0.05) is 53.7 Å². The van der Waals surface area contributed by atoms with Crippen LogP contribution in [0.3, 0.4) is 0 Å². The number of likely N-dealkylation sites (N-methyl/N-ethyl adjacent to an activating group) is 1. The molecule has 1 heterocycles. The molecule has 1 aliphatic rings. The molecule has 2 aromatic carbocycles. The van der Waals surface area contributed by atoms with E-state index in [0.29, 0.717) is 5.75 Å². The lowest BCUT2D eigenvalue weighted by Gasteiger charge is -2.34. The standard InChI is InChI=1S/C21H23Br2N3O2/c1-25-9-11-26(12-10-25)18-6-4-17(5-7-18)24-20(27)8-3-15-13-16(22)14-19(23)21(15)28-2/h3-8,13-14H,9-12H2,1-2H3,(H,24,27). The predicted octanol–water partition coefficient (Wildman–Crippen LogP) is 4.62. The third-order valence-electron chi connectivity index (χ3n) is 4.66. The lowest BCUT2D eigenvalue weighted by molar-refractivity contribution is -0.111. The molecule has 1 amide bonds. The highest BCUT2D eigenvalue weighted by molar-refractivity contribution is 9.11. The molecule has 0 atom stereocenters. The monoisotopic (exact) mass is 507 g/mol. The van der Waals surface area contributed by atoms with Crippen molar-refractivity contribution in [3.63, 3.8) is 0 Å². The Morgan fingerprint density at radius 3 is 2.43 bits per heavy atom. The Kier molecular flexibility index (Phi) is 7.15. The van der Waals surface area contributed by atoms with Gasteiger partial charge in [0.05, 0.1) is 11.6 Å². The summed E-state index contributed by atoms with van der Waals surface area (Å²) in [5.74, 6) is 0.495. The minimum atomic E-state index is -0.189. The highest BCUT2D eigenvalue weighted by Gasteiger charge is 2.14. The Labute approximate surface area is 182 Å². The van der Waals surface area contributed by atoms with Gasteiger partial charge in [-0.05, 0) is 65.5 Å².